The van der Waals surface area contributed by atoms with Crippen molar-refractivity contribution in [1.82, 2.24) is 10.2 Å². The molecule has 2 aliphatic heterocycles. The van der Waals surface area contributed by atoms with Gasteiger partial charge in [-0.2, -0.15) is 5.26 Å². The van der Waals surface area contributed by atoms with Crippen LogP contribution in [0.4, 0.5) is 0 Å². The van der Waals surface area contributed by atoms with Crippen LogP contribution in [0.1, 0.15) is 24.1 Å². The third kappa shape index (κ3) is 3.61. The molecule has 2 heterocycles. The average molecular weight is 356 g/mol. The van der Waals surface area contributed by atoms with Gasteiger partial charge in [0.15, 0.2) is 5.84 Å². The van der Waals surface area contributed by atoms with Gasteiger partial charge in [-0.05, 0) is 36.8 Å². The lowest BCUT2D eigenvalue weighted by Gasteiger charge is -2.29. The van der Waals surface area contributed by atoms with E-state index in [1.165, 1.54) is 0 Å². The molecular formula is C17H16N4O3S. The summed E-state index contributed by atoms with van der Waals surface area (Å²) < 4.78 is 27.2. The van der Waals surface area contributed by atoms with Gasteiger partial charge in [0, 0.05) is 12.7 Å². The van der Waals surface area contributed by atoms with E-state index < -0.39 is 15.9 Å². The molecule has 1 atom stereocenters. The Morgan fingerprint density at radius 2 is 2.08 bits per heavy atom. The summed E-state index contributed by atoms with van der Waals surface area (Å²) in [5, 5.41) is 11.7. The van der Waals surface area contributed by atoms with Gasteiger partial charge in [0.1, 0.15) is 0 Å². The van der Waals surface area contributed by atoms with Crippen molar-refractivity contribution < 1.29 is 13.2 Å². The fraction of sp³-hybridized carbons (Fsp3) is 0.235. The number of benzene rings is 1. The van der Waals surface area contributed by atoms with Crippen molar-refractivity contribution >= 4 is 21.8 Å². The summed E-state index contributed by atoms with van der Waals surface area (Å²) in [7, 11) is -3.55. The third-order valence-corrected chi connectivity index (χ3v) is 5.14. The number of allylic oxidation sites excluding steroid dienone is 2. The summed E-state index contributed by atoms with van der Waals surface area (Å²) in [5.41, 5.74) is 1.60. The van der Waals surface area contributed by atoms with Gasteiger partial charge in [0.05, 0.1) is 29.0 Å². The van der Waals surface area contributed by atoms with E-state index in [1.54, 1.807) is 47.5 Å². The van der Waals surface area contributed by atoms with Gasteiger partial charge in [0.25, 0.3) is 15.9 Å². The first-order valence-electron chi connectivity index (χ1n) is 7.69. The van der Waals surface area contributed by atoms with Crippen LogP contribution in [0.5, 0.6) is 0 Å². The minimum absolute atomic E-state index is 0.0720. The van der Waals surface area contributed by atoms with E-state index in [0.29, 0.717) is 5.56 Å². The van der Waals surface area contributed by atoms with E-state index in [1.807, 2.05) is 13.0 Å². The lowest BCUT2D eigenvalue weighted by molar-refractivity contribution is -0.117. The predicted molar refractivity (Wildman–Crippen MR) is 92.9 cm³/mol. The number of carbonyl (C=O) groups excluding carboxylic acids is 1. The van der Waals surface area contributed by atoms with Gasteiger partial charge in [-0.25, -0.2) is 8.42 Å². The van der Waals surface area contributed by atoms with Crippen LogP contribution in [0.3, 0.4) is 0 Å². The smallest absolute Gasteiger partial charge is 0.256 e. The number of hydrogen-bond acceptors (Lipinski definition) is 5. The van der Waals surface area contributed by atoms with Crippen molar-refractivity contribution in [3.05, 3.63) is 59.3 Å². The van der Waals surface area contributed by atoms with Gasteiger partial charge >= 0.3 is 0 Å². The number of nitriles is 1. The number of nitrogens with zero attached hydrogens (tertiary/aromatic N) is 3. The number of hydrogen-bond donors (Lipinski definition) is 1. The van der Waals surface area contributed by atoms with Crippen molar-refractivity contribution in [2.24, 2.45) is 4.40 Å². The Hall–Kier alpha value is -2.92. The molecular weight excluding hydrogens is 340 g/mol. The first-order valence-corrected chi connectivity index (χ1v) is 9.29. The van der Waals surface area contributed by atoms with E-state index in [4.69, 9.17) is 5.26 Å². The predicted octanol–water partition coefficient (Wildman–Crippen LogP) is 1.23. The van der Waals surface area contributed by atoms with Crippen molar-refractivity contribution in [3.8, 4) is 6.07 Å². The number of fused-ring (bicyclic) bond motifs is 1. The molecule has 0 radical (unpaired) electrons. The Kier molecular flexibility index (Phi) is 4.42. The third-order valence-electron chi connectivity index (χ3n) is 3.99. The minimum atomic E-state index is -3.55. The molecule has 2 aliphatic rings. The molecule has 0 spiro atoms. The maximum Gasteiger partial charge on any atom is 0.256 e. The second kappa shape index (κ2) is 6.53. The highest BCUT2D eigenvalue weighted by Crippen LogP contribution is 2.19. The second-order valence-electron chi connectivity index (χ2n) is 5.75. The molecule has 0 saturated heterocycles. The Morgan fingerprint density at radius 1 is 1.36 bits per heavy atom. The highest BCUT2D eigenvalue weighted by molar-refractivity contribution is 7.90. The fourth-order valence-electron chi connectivity index (χ4n) is 2.60. The van der Waals surface area contributed by atoms with E-state index in [-0.39, 0.29) is 29.7 Å². The lowest BCUT2D eigenvalue weighted by Crippen LogP contribution is -2.42. The molecule has 3 rings (SSSR count). The van der Waals surface area contributed by atoms with Crippen LogP contribution in [0.2, 0.25) is 0 Å². The first kappa shape index (κ1) is 16.9. The van der Waals surface area contributed by atoms with E-state index in [0.717, 1.165) is 5.56 Å². The zero-order chi connectivity index (χ0) is 18.0. The van der Waals surface area contributed by atoms with E-state index in [9.17, 15) is 13.2 Å². The number of rotatable bonds is 3. The molecule has 0 saturated carbocycles. The van der Waals surface area contributed by atoms with Crippen molar-refractivity contribution in [3.63, 3.8) is 0 Å². The largest absolute Gasteiger partial charge is 0.345 e. The van der Waals surface area contributed by atoms with Crippen LogP contribution < -0.4 is 5.32 Å². The van der Waals surface area contributed by atoms with Crippen LogP contribution in [-0.4, -0.2) is 37.4 Å². The van der Waals surface area contributed by atoms with Crippen molar-refractivity contribution in [1.29, 1.82) is 5.26 Å². The molecule has 8 heteroatoms. The number of amidine groups is 1. The standard InChI is InChI=1S/C17H16N4O3S/c1-12(14-6-4-13(11-18)5-7-14)19-17(22)15-3-2-8-21-9-10-25(23,24)20-16(15)21/h2-8,12H,9-10H2,1H3,(H,19,22). The van der Waals surface area contributed by atoms with Crippen molar-refractivity contribution in [2.75, 3.05) is 12.3 Å². The summed E-state index contributed by atoms with van der Waals surface area (Å²) in [4.78, 5) is 14.3. The van der Waals surface area contributed by atoms with Crippen molar-refractivity contribution in [2.45, 2.75) is 13.0 Å². The van der Waals surface area contributed by atoms with Gasteiger partial charge < -0.3 is 10.2 Å². The van der Waals surface area contributed by atoms with Gasteiger partial charge in [-0.15, -0.1) is 4.40 Å². The topological polar surface area (TPSA) is 103 Å². The second-order valence-corrected chi connectivity index (χ2v) is 7.50. The quantitative estimate of drug-likeness (QED) is 0.877. The number of nitrogens with one attached hydrogen (secondary N) is 1. The molecule has 1 unspecified atom stereocenters. The molecule has 1 N–H and O–H groups in total. The molecule has 7 nitrogen and oxygen atoms in total. The van der Waals surface area contributed by atoms with Crippen LogP contribution in [0.25, 0.3) is 0 Å². The molecule has 0 aliphatic carbocycles. The number of amides is 1. The fourth-order valence-corrected chi connectivity index (χ4v) is 3.58. The van der Waals surface area contributed by atoms with Crippen LogP contribution in [0.15, 0.2) is 52.6 Å². The highest BCUT2D eigenvalue weighted by Gasteiger charge is 2.30. The summed E-state index contributed by atoms with van der Waals surface area (Å²) >= 11 is 0. The SMILES string of the molecule is CC(NC(=O)C1=CC=CN2CCS(=O)(=O)N=C12)c1ccc(C#N)cc1. The monoisotopic (exact) mass is 356 g/mol. The zero-order valence-corrected chi connectivity index (χ0v) is 14.3. The Labute approximate surface area is 146 Å². The molecule has 0 fully saturated rings. The minimum Gasteiger partial charge on any atom is -0.345 e. The molecule has 1 amide bonds. The summed E-state index contributed by atoms with van der Waals surface area (Å²) in [6.45, 7) is 2.09. The molecule has 1 aromatic carbocycles. The molecule has 25 heavy (non-hydrogen) atoms. The van der Waals surface area contributed by atoms with Gasteiger partial charge in [-0.3, -0.25) is 4.79 Å². The number of carbonyl (C=O) groups is 1. The highest BCUT2D eigenvalue weighted by atomic mass is 32.2. The average Bonchev–Trinajstić information content (AvgIpc) is 2.60. The van der Waals surface area contributed by atoms with E-state index in [2.05, 4.69) is 9.71 Å². The Bertz CT molecular complexity index is 937. The molecule has 128 valence electrons. The summed E-state index contributed by atoms with van der Waals surface area (Å²) in [6.07, 6.45) is 4.95. The molecule has 0 bridgehead atoms. The van der Waals surface area contributed by atoms with E-state index >= 15 is 0 Å². The summed E-state index contributed by atoms with van der Waals surface area (Å²) in [5.74, 6) is -0.322. The Balaban J connectivity index is 1.80. The zero-order valence-electron chi connectivity index (χ0n) is 13.5. The maximum absolute atomic E-state index is 12.6. The Morgan fingerprint density at radius 3 is 2.76 bits per heavy atom. The van der Waals surface area contributed by atoms with Gasteiger partial charge in [-0.1, -0.05) is 12.1 Å². The van der Waals surface area contributed by atoms with Crippen LogP contribution in [0, 0.1) is 11.3 Å². The number of sulfonamides is 1. The van der Waals surface area contributed by atoms with Gasteiger partial charge in [0.2, 0.25) is 0 Å². The normalized spacial score (nSPS) is 19.1. The summed E-state index contributed by atoms with van der Waals surface area (Å²) in [6, 6.07) is 8.64. The van der Waals surface area contributed by atoms with Crippen LogP contribution >= 0.6 is 0 Å². The molecule has 1 aromatic rings. The first-order chi connectivity index (χ1) is 11.9. The molecule has 0 aromatic heterocycles. The maximum atomic E-state index is 12.6. The lowest BCUT2D eigenvalue weighted by atomic mass is 10.1. The van der Waals surface area contributed by atoms with Crippen LogP contribution in [-0.2, 0) is 14.8 Å².